The summed E-state index contributed by atoms with van der Waals surface area (Å²) >= 11 is 0. The summed E-state index contributed by atoms with van der Waals surface area (Å²) < 4.78 is 11.8. The first-order valence-electron chi connectivity index (χ1n) is 14.4. The zero-order valence-electron chi connectivity index (χ0n) is 23.6. The van der Waals surface area contributed by atoms with E-state index in [1.54, 1.807) is 12.1 Å². The first-order valence-corrected chi connectivity index (χ1v) is 14.4. The number of benzene rings is 1. The van der Waals surface area contributed by atoms with Crippen molar-refractivity contribution < 1.29 is 29.0 Å². The highest BCUT2D eigenvalue weighted by atomic mass is 16.6. The minimum Gasteiger partial charge on any atom is -0.462 e. The van der Waals surface area contributed by atoms with Gasteiger partial charge in [0.15, 0.2) is 0 Å². The van der Waals surface area contributed by atoms with E-state index in [0.717, 1.165) is 12.0 Å². The molecule has 1 amide bonds. The van der Waals surface area contributed by atoms with Crippen LogP contribution in [0.1, 0.15) is 76.6 Å². The summed E-state index contributed by atoms with van der Waals surface area (Å²) in [6, 6.07) is 9.15. The van der Waals surface area contributed by atoms with Gasteiger partial charge in [-0.15, -0.1) is 0 Å². The van der Waals surface area contributed by atoms with E-state index >= 15 is 0 Å². The fraction of sp³-hybridized carbons (Fsp3) is 0.594. The van der Waals surface area contributed by atoms with Crippen LogP contribution >= 0.6 is 0 Å². The minimum atomic E-state index is -0.651. The van der Waals surface area contributed by atoms with Gasteiger partial charge in [0.05, 0.1) is 17.9 Å². The largest absolute Gasteiger partial charge is 0.462 e. The summed E-state index contributed by atoms with van der Waals surface area (Å²) in [5.41, 5.74) is 1.17. The highest BCUT2D eigenvalue weighted by molar-refractivity contribution is 5.94. The van der Waals surface area contributed by atoms with Gasteiger partial charge in [0, 0.05) is 24.4 Å². The van der Waals surface area contributed by atoms with Crippen LogP contribution in [0.3, 0.4) is 0 Å². The van der Waals surface area contributed by atoms with Crippen molar-refractivity contribution in [2.45, 2.75) is 84.5 Å². The van der Waals surface area contributed by atoms with Crippen molar-refractivity contribution in [3.05, 3.63) is 59.7 Å². The predicted octanol–water partition coefficient (Wildman–Crippen LogP) is 5.00. The molecule has 0 spiro atoms. The van der Waals surface area contributed by atoms with Crippen LogP contribution in [-0.2, 0) is 19.1 Å². The number of carbonyl (C=O) groups excluding carboxylic acids is 3. The smallest absolute Gasteiger partial charge is 0.311 e. The third-order valence-electron chi connectivity index (χ3n) is 8.79. The van der Waals surface area contributed by atoms with Crippen molar-refractivity contribution in [1.82, 2.24) is 5.32 Å². The van der Waals surface area contributed by atoms with E-state index in [1.165, 1.54) is 0 Å². The summed E-state index contributed by atoms with van der Waals surface area (Å²) in [4.78, 5) is 37.8. The Hall–Kier alpha value is -2.93. The first kappa shape index (κ1) is 29.1. The summed E-state index contributed by atoms with van der Waals surface area (Å²) in [6.07, 6.45) is 8.58. The van der Waals surface area contributed by atoms with Crippen molar-refractivity contribution in [2.75, 3.05) is 6.54 Å². The molecule has 2 N–H and O–H groups in total. The Morgan fingerprint density at radius 3 is 2.59 bits per heavy atom. The molecule has 3 aliphatic rings. The number of fused-ring (bicyclic) bond motifs is 1. The molecule has 0 bridgehead atoms. The summed E-state index contributed by atoms with van der Waals surface area (Å²) in [7, 11) is 0. The number of hydrogen-bond acceptors (Lipinski definition) is 6. The van der Waals surface area contributed by atoms with E-state index in [1.807, 2.05) is 39.0 Å². The van der Waals surface area contributed by atoms with Gasteiger partial charge in [0.2, 0.25) is 0 Å². The number of carbonyl (C=O) groups is 3. The molecule has 1 aromatic rings. The zero-order valence-corrected chi connectivity index (χ0v) is 23.6. The maximum atomic E-state index is 13.2. The Labute approximate surface area is 232 Å². The molecule has 0 saturated carbocycles. The standard InChI is InChI=1S/C32H43NO6/c1-5-32(3,4)31(37)39-27-16-21(19-33-30(36)22-9-7-6-8-10-22)15-23-12-11-20(2)26(29(23)27)14-13-25-17-24(34)18-28(35)38-25/h6-12,15,20-21,24-27,29,34H,5,13-14,16-19H2,1-4H3,(H,33,36)/t20-,21+,24+,25+,26-,27-,29-/m0/s1. The Bertz CT molecular complexity index is 1090. The molecule has 7 nitrogen and oxygen atoms in total. The number of allylic oxidation sites excluding steroid dienone is 2. The fourth-order valence-electron chi connectivity index (χ4n) is 6.01. The number of cyclic esters (lactones) is 1. The quantitative estimate of drug-likeness (QED) is 0.430. The third kappa shape index (κ3) is 7.18. The fourth-order valence-corrected chi connectivity index (χ4v) is 6.01. The van der Waals surface area contributed by atoms with Crippen molar-refractivity contribution in [2.24, 2.45) is 29.1 Å². The average Bonchev–Trinajstić information content (AvgIpc) is 2.91. The Balaban J connectivity index is 1.53. The molecule has 1 aliphatic heterocycles. The number of nitrogens with one attached hydrogen (secondary N) is 1. The van der Waals surface area contributed by atoms with Crippen LogP contribution in [0.15, 0.2) is 54.1 Å². The van der Waals surface area contributed by atoms with Gasteiger partial charge in [0.1, 0.15) is 12.2 Å². The molecule has 0 radical (unpaired) electrons. The number of hydrogen-bond donors (Lipinski definition) is 2. The lowest BCUT2D eigenvalue weighted by molar-refractivity contribution is -0.166. The van der Waals surface area contributed by atoms with Crippen LogP contribution in [0.2, 0.25) is 0 Å². The SMILES string of the molecule is CCC(C)(C)C(=O)O[C@H]1C[C@H](CNC(=O)c2ccccc2)C=C2C=C[C@H](C)[C@H](CC[C@@H]3C[C@@H](O)CC(=O)O3)[C@H]21. The Morgan fingerprint density at radius 1 is 1.15 bits per heavy atom. The number of aliphatic hydroxyl groups excluding tert-OH is 1. The molecule has 1 heterocycles. The third-order valence-corrected chi connectivity index (χ3v) is 8.79. The zero-order chi connectivity index (χ0) is 28.2. The van der Waals surface area contributed by atoms with E-state index in [4.69, 9.17) is 9.47 Å². The van der Waals surface area contributed by atoms with Crippen LogP contribution in [0.25, 0.3) is 0 Å². The predicted molar refractivity (Wildman–Crippen MR) is 149 cm³/mol. The van der Waals surface area contributed by atoms with Gasteiger partial charge in [-0.1, -0.05) is 50.3 Å². The van der Waals surface area contributed by atoms with E-state index in [2.05, 4.69) is 30.5 Å². The number of aliphatic hydroxyl groups is 1. The molecule has 39 heavy (non-hydrogen) atoms. The van der Waals surface area contributed by atoms with Crippen LogP contribution < -0.4 is 5.32 Å². The molecule has 4 rings (SSSR count). The van der Waals surface area contributed by atoms with Gasteiger partial charge in [0.25, 0.3) is 5.91 Å². The van der Waals surface area contributed by atoms with Crippen LogP contribution in [0.4, 0.5) is 0 Å². The summed E-state index contributed by atoms with van der Waals surface area (Å²) in [5, 5.41) is 13.1. The van der Waals surface area contributed by atoms with E-state index in [0.29, 0.717) is 37.8 Å². The van der Waals surface area contributed by atoms with Crippen molar-refractivity contribution in [1.29, 1.82) is 0 Å². The van der Waals surface area contributed by atoms with Gasteiger partial charge in [-0.2, -0.15) is 0 Å². The second-order valence-corrected chi connectivity index (χ2v) is 12.1. The molecule has 0 aromatic heterocycles. The molecule has 7 atom stereocenters. The van der Waals surface area contributed by atoms with Crippen LogP contribution in [0, 0.1) is 29.1 Å². The molecule has 212 valence electrons. The summed E-state index contributed by atoms with van der Waals surface area (Å²) in [6.45, 7) is 8.45. The number of esters is 2. The Morgan fingerprint density at radius 2 is 1.90 bits per heavy atom. The molecule has 1 aromatic carbocycles. The second kappa shape index (κ2) is 12.5. The topological polar surface area (TPSA) is 102 Å². The second-order valence-electron chi connectivity index (χ2n) is 12.1. The highest BCUT2D eigenvalue weighted by Gasteiger charge is 2.44. The lowest BCUT2D eigenvalue weighted by atomic mass is 9.65. The minimum absolute atomic E-state index is 0.0203. The number of rotatable bonds is 9. The van der Waals surface area contributed by atoms with Crippen LogP contribution in [0.5, 0.6) is 0 Å². The molecule has 1 saturated heterocycles. The lowest BCUT2D eigenvalue weighted by Gasteiger charge is -2.44. The van der Waals surface area contributed by atoms with E-state index in [9.17, 15) is 19.5 Å². The van der Waals surface area contributed by atoms with Gasteiger partial charge >= 0.3 is 11.9 Å². The number of ether oxygens (including phenoxy) is 2. The molecule has 0 unspecified atom stereocenters. The average molecular weight is 538 g/mol. The first-order chi connectivity index (χ1) is 18.6. The number of amides is 1. The van der Waals surface area contributed by atoms with Gasteiger partial charge in [-0.05, 0) is 75.0 Å². The molecule has 7 heteroatoms. The molecular formula is C32H43NO6. The van der Waals surface area contributed by atoms with Crippen LogP contribution in [-0.4, -0.2) is 47.8 Å². The molecule has 1 fully saturated rings. The highest BCUT2D eigenvalue weighted by Crippen LogP contribution is 2.45. The molecule has 2 aliphatic carbocycles. The maximum absolute atomic E-state index is 13.2. The van der Waals surface area contributed by atoms with Crippen molar-refractivity contribution >= 4 is 17.8 Å². The van der Waals surface area contributed by atoms with Crippen molar-refractivity contribution in [3.8, 4) is 0 Å². The van der Waals surface area contributed by atoms with E-state index < -0.39 is 11.5 Å². The van der Waals surface area contributed by atoms with Crippen molar-refractivity contribution in [3.63, 3.8) is 0 Å². The van der Waals surface area contributed by atoms with Gasteiger partial charge in [-0.25, -0.2) is 0 Å². The normalized spacial score (nSPS) is 30.5. The lowest BCUT2D eigenvalue weighted by Crippen LogP contribution is -2.45. The monoisotopic (exact) mass is 537 g/mol. The summed E-state index contributed by atoms with van der Waals surface area (Å²) in [5.74, 6) is -0.165. The van der Waals surface area contributed by atoms with Gasteiger partial charge in [-0.3, -0.25) is 14.4 Å². The molecular weight excluding hydrogens is 494 g/mol. The van der Waals surface area contributed by atoms with E-state index in [-0.39, 0.29) is 60.1 Å². The Kier molecular flexibility index (Phi) is 9.31. The van der Waals surface area contributed by atoms with Gasteiger partial charge < -0.3 is 19.9 Å². The maximum Gasteiger partial charge on any atom is 0.311 e.